The molecule has 0 aliphatic rings. The second-order valence-electron chi connectivity index (χ2n) is 6.23. The Morgan fingerprint density at radius 3 is 2.19 bits per heavy atom. The van der Waals surface area contributed by atoms with E-state index in [2.05, 4.69) is 4.74 Å². The van der Waals surface area contributed by atoms with Crippen LogP contribution in [-0.2, 0) is 25.6 Å². The fourth-order valence-electron chi connectivity index (χ4n) is 1.82. The molecule has 0 atom stereocenters. The lowest BCUT2D eigenvalue weighted by atomic mass is 10.2. The number of esters is 1. The van der Waals surface area contributed by atoms with Gasteiger partial charge in [0.2, 0.25) is 0 Å². The number of halogens is 2. The molecule has 0 bridgehead atoms. The van der Waals surface area contributed by atoms with Crippen LogP contribution in [0.1, 0.15) is 26.3 Å². The molecule has 0 saturated heterocycles. The van der Waals surface area contributed by atoms with E-state index in [1.54, 1.807) is 30.3 Å². The molecule has 0 fully saturated rings. The van der Waals surface area contributed by atoms with E-state index in [0.717, 1.165) is 7.11 Å². The molecule has 7 nitrogen and oxygen atoms in total. The average molecular weight is 385 g/mol. The van der Waals surface area contributed by atoms with E-state index in [0.29, 0.717) is 5.56 Å². The van der Waals surface area contributed by atoms with E-state index in [1.807, 2.05) is 0 Å². The molecule has 0 spiro atoms. The minimum atomic E-state index is -3.13. The van der Waals surface area contributed by atoms with E-state index < -0.39 is 35.9 Å². The number of amides is 2. The van der Waals surface area contributed by atoms with Gasteiger partial charge in [-0.3, -0.25) is 0 Å². The van der Waals surface area contributed by atoms with Crippen LogP contribution in [0.4, 0.5) is 18.4 Å². The lowest BCUT2D eigenvalue weighted by Gasteiger charge is -2.26. The Balaban J connectivity index is 3.16. The number of benzene rings is 1. The second-order valence-corrected chi connectivity index (χ2v) is 6.23. The Morgan fingerprint density at radius 1 is 1.11 bits per heavy atom. The number of rotatable bonds is 5. The van der Waals surface area contributed by atoms with Gasteiger partial charge in [-0.2, -0.15) is 4.90 Å². The highest BCUT2D eigenvalue weighted by molar-refractivity contribution is 6.01. The summed E-state index contributed by atoms with van der Waals surface area (Å²) in [6, 6.07) is 8.46. The quantitative estimate of drug-likeness (QED) is 0.435. The summed E-state index contributed by atoms with van der Waals surface area (Å²) in [7, 11) is 0.921. The van der Waals surface area contributed by atoms with E-state index in [9.17, 15) is 23.2 Å². The van der Waals surface area contributed by atoms with Gasteiger partial charge in [0.25, 0.3) is 6.43 Å². The summed E-state index contributed by atoms with van der Waals surface area (Å²) < 4.78 is 40.1. The zero-order chi connectivity index (χ0) is 20.6. The zero-order valence-corrected chi connectivity index (χ0v) is 15.4. The third-order valence-electron chi connectivity index (χ3n) is 2.88. The van der Waals surface area contributed by atoms with Crippen molar-refractivity contribution < 1.29 is 37.4 Å². The monoisotopic (exact) mass is 385 g/mol. The molecule has 0 aromatic heterocycles. The number of carbonyl (C=O) groups excluding carboxylic acids is 3. The van der Waals surface area contributed by atoms with Crippen molar-refractivity contribution in [3.05, 3.63) is 47.7 Å². The lowest BCUT2D eigenvalue weighted by Crippen LogP contribution is -2.43. The van der Waals surface area contributed by atoms with Gasteiger partial charge in [-0.05, 0) is 26.3 Å². The highest BCUT2D eigenvalue weighted by Gasteiger charge is 2.36. The van der Waals surface area contributed by atoms with E-state index in [4.69, 9.17) is 9.47 Å². The van der Waals surface area contributed by atoms with Crippen LogP contribution in [0, 0.1) is 0 Å². The molecule has 0 heterocycles. The van der Waals surface area contributed by atoms with Gasteiger partial charge in [0.15, 0.2) is 0 Å². The molecular weight excluding hydrogens is 364 g/mol. The van der Waals surface area contributed by atoms with Gasteiger partial charge in [0, 0.05) is 6.08 Å². The largest absolute Gasteiger partial charge is 0.464 e. The molecule has 1 rings (SSSR count). The summed E-state index contributed by atoms with van der Waals surface area (Å²) in [6.07, 6.45) is -5.73. The van der Waals surface area contributed by atoms with Gasteiger partial charge in [0.1, 0.15) is 17.9 Å². The first-order chi connectivity index (χ1) is 12.5. The van der Waals surface area contributed by atoms with Gasteiger partial charge in [0.05, 0.1) is 7.11 Å². The molecule has 0 unspecified atom stereocenters. The van der Waals surface area contributed by atoms with Crippen LogP contribution < -0.4 is 0 Å². The van der Waals surface area contributed by atoms with Gasteiger partial charge in [-0.15, -0.1) is 0 Å². The minimum Gasteiger partial charge on any atom is -0.464 e. The van der Waals surface area contributed by atoms with Crippen LogP contribution in [0.3, 0.4) is 0 Å². The first-order valence-corrected chi connectivity index (χ1v) is 7.87. The summed E-state index contributed by atoms with van der Waals surface area (Å²) in [5, 5.41) is 0. The van der Waals surface area contributed by atoms with Gasteiger partial charge >= 0.3 is 18.2 Å². The number of methoxy groups -OCH3 is 1. The Labute approximate surface area is 155 Å². The first kappa shape index (κ1) is 22.1. The van der Waals surface area contributed by atoms with Crippen molar-refractivity contribution >= 4 is 18.2 Å². The second kappa shape index (κ2) is 9.65. The van der Waals surface area contributed by atoms with Crippen molar-refractivity contribution in [3.8, 4) is 0 Å². The molecule has 27 heavy (non-hydrogen) atoms. The van der Waals surface area contributed by atoms with Crippen molar-refractivity contribution in [1.82, 2.24) is 4.90 Å². The maximum absolute atomic E-state index is 12.8. The maximum atomic E-state index is 12.8. The zero-order valence-electron chi connectivity index (χ0n) is 15.4. The molecule has 0 aliphatic carbocycles. The summed E-state index contributed by atoms with van der Waals surface area (Å²) in [6.45, 7) is 4.27. The Hall–Kier alpha value is -2.97. The number of nitrogens with zero attached hydrogens (tertiary/aromatic N) is 1. The average Bonchev–Trinajstić information content (AvgIpc) is 2.57. The molecule has 0 radical (unpaired) electrons. The number of hydrogen-bond acceptors (Lipinski definition) is 6. The van der Waals surface area contributed by atoms with Crippen molar-refractivity contribution in [2.24, 2.45) is 0 Å². The molecule has 2 amide bonds. The molecule has 0 aliphatic heterocycles. The van der Waals surface area contributed by atoms with Gasteiger partial charge in [-0.25, -0.2) is 23.2 Å². The number of allylic oxidation sites excluding steroid dienone is 1. The Kier molecular flexibility index (Phi) is 7.89. The number of ether oxygens (including phenoxy) is 3. The first-order valence-electron chi connectivity index (χ1n) is 7.87. The predicted octanol–water partition coefficient (Wildman–Crippen LogP) is 3.88. The molecule has 148 valence electrons. The molecule has 0 saturated carbocycles. The smallest absolute Gasteiger partial charge is 0.424 e. The van der Waals surface area contributed by atoms with Crippen LogP contribution in [0.5, 0.6) is 0 Å². The number of imide groups is 1. The molecule has 1 aromatic carbocycles. The SMILES string of the molecule is COC(=O)C(=CC(F)F)N(C(=O)OCc1ccccc1)C(=O)OC(C)(C)C. The number of carbonyl (C=O) groups is 3. The normalized spacial score (nSPS) is 11.7. The Bertz CT molecular complexity index is 698. The third-order valence-corrected chi connectivity index (χ3v) is 2.88. The number of hydrogen-bond donors (Lipinski definition) is 0. The minimum absolute atomic E-state index is 0.0895. The molecular formula is C18H21F2NO6. The van der Waals surface area contributed by atoms with Crippen molar-refractivity contribution in [2.75, 3.05) is 7.11 Å². The molecule has 1 aromatic rings. The van der Waals surface area contributed by atoms with E-state index >= 15 is 0 Å². The van der Waals surface area contributed by atoms with E-state index in [-0.39, 0.29) is 17.6 Å². The predicted molar refractivity (Wildman–Crippen MR) is 90.8 cm³/mol. The van der Waals surface area contributed by atoms with Crippen LogP contribution in [0.15, 0.2) is 42.1 Å². The lowest BCUT2D eigenvalue weighted by molar-refractivity contribution is -0.138. The fraction of sp³-hybridized carbons (Fsp3) is 0.389. The number of alkyl halides is 2. The van der Waals surface area contributed by atoms with E-state index in [1.165, 1.54) is 20.8 Å². The summed E-state index contributed by atoms with van der Waals surface area (Å²) in [5.74, 6) is -1.32. The van der Waals surface area contributed by atoms with Crippen LogP contribution in [-0.4, -0.2) is 42.2 Å². The Morgan fingerprint density at radius 2 is 1.70 bits per heavy atom. The highest BCUT2D eigenvalue weighted by atomic mass is 19.3. The fourth-order valence-corrected chi connectivity index (χ4v) is 1.82. The standard InChI is InChI=1S/C18H21F2NO6/c1-18(2,3)27-17(24)21(13(10-14(19)20)15(22)25-4)16(23)26-11-12-8-6-5-7-9-12/h5-10,14H,11H2,1-4H3. The van der Waals surface area contributed by atoms with Crippen molar-refractivity contribution in [2.45, 2.75) is 39.4 Å². The topological polar surface area (TPSA) is 82.1 Å². The van der Waals surface area contributed by atoms with Crippen molar-refractivity contribution in [3.63, 3.8) is 0 Å². The summed E-state index contributed by atoms with van der Waals surface area (Å²) in [5.41, 5.74) is -1.46. The molecule has 9 heteroatoms. The van der Waals surface area contributed by atoms with Crippen LogP contribution in [0.2, 0.25) is 0 Å². The highest BCUT2D eigenvalue weighted by Crippen LogP contribution is 2.18. The summed E-state index contributed by atoms with van der Waals surface area (Å²) >= 11 is 0. The summed E-state index contributed by atoms with van der Waals surface area (Å²) in [4.78, 5) is 36.7. The van der Waals surface area contributed by atoms with Gasteiger partial charge < -0.3 is 14.2 Å². The van der Waals surface area contributed by atoms with Gasteiger partial charge in [-0.1, -0.05) is 30.3 Å². The molecule has 0 N–H and O–H groups in total. The third kappa shape index (κ3) is 7.43. The van der Waals surface area contributed by atoms with Crippen LogP contribution >= 0.6 is 0 Å². The van der Waals surface area contributed by atoms with Crippen molar-refractivity contribution in [1.29, 1.82) is 0 Å². The van der Waals surface area contributed by atoms with Crippen LogP contribution in [0.25, 0.3) is 0 Å². The maximum Gasteiger partial charge on any atom is 0.424 e.